The minimum atomic E-state index is -0.104. The Hall–Kier alpha value is -5.72. The topological polar surface area (TPSA) is 0 Å². The highest BCUT2D eigenvalue weighted by Gasteiger charge is 2.22. The standard InChI is InChI=1S/C47H36/c1-47(2,45-23-17-33(18-24-45)11-13-35-15-21-41-29-37-7-3-5-9-39(37)31-43(41)27-35)46-25-19-34(20-26-46)12-14-36-16-22-42-30-38-8-4-6-10-40(38)32-44(42)28-36/h3-32H,1-2H3. The molecule has 0 heteroatoms. The molecule has 8 aromatic carbocycles. The van der Waals surface area contributed by atoms with Crippen molar-refractivity contribution in [2.24, 2.45) is 0 Å². The van der Waals surface area contributed by atoms with Gasteiger partial charge in [0.05, 0.1) is 0 Å². The molecular weight excluding hydrogens is 565 g/mol. The minimum absolute atomic E-state index is 0.104. The van der Waals surface area contributed by atoms with Crippen molar-refractivity contribution in [3.05, 3.63) is 191 Å². The molecule has 0 aliphatic rings. The molecule has 0 aliphatic carbocycles. The van der Waals surface area contributed by atoms with Crippen LogP contribution in [0.3, 0.4) is 0 Å². The van der Waals surface area contributed by atoms with Crippen molar-refractivity contribution in [3.63, 3.8) is 0 Å². The summed E-state index contributed by atoms with van der Waals surface area (Å²) in [6.07, 6.45) is 8.83. The fourth-order valence-electron chi connectivity index (χ4n) is 6.70. The summed E-state index contributed by atoms with van der Waals surface area (Å²) >= 11 is 0. The highest BCUT2D eigenvalue weighted by atomic mass is 14.3. The Balaban J connectivity index is 0.959. The van der Waals surface area contributed by atoms with Crippen LogP contribution in [-0.2, 0) is 5.41 Å². The van der Waals surface area contributed by atoms with Gasteiger partial charge in [-0.3, -0.25) is 0 Å². The van der Waals surface area contributed by atoms with Gasteiger partial charge in [-0.25, -0.2) is 0 Å². The Morgan fingerprint density at radius 3 is 0.979 bits per heavy atom. The summed E-state index contributed by atoms with van der Waals surface area (Å²) in [5, 5.41) is 10.2. The second-order valence-electron chi connectivity index (χ2n) is 13.1. The van der Waals surface area contributed by atoms with E-state index in [-0.39, 0.29) is 5.41 Å². The molecule has 0 amide bonds. The van der Waals surface area contributed by atoms with Crippen LogP contribution in [0, 0.1) is 0 Å². The van der Waals surface area contributed by atoms with E-state index in [1.165, 1.54) is 76.5 Å². The largest absolute Gasteiger partial charge is 0.0616 e. The van der Waals surface area contributed by atoms with Gasteiger partial charge in [-0.1, -0.05) is 159 Å². The smallest absolute Gasteiger partial charge is 0.0146 e. The molecule has 0 spiro atoms. The molecule has 0 aromatic heterocycles. The molecular formula is C47H36. The van der Waals surface area contributed by atoms with Crippen molar-refractivity contribution >= 4 is 67.4 Å². The molecule has 47 heavy (non-hydrogen) atoms. The summed E-state index contributed by atoms with van der Waals surface area (Å²) in [6.45, 7) is 4.61. The zero-order valence-electron chi connectivity index (χ0n) is 26.8. The van der Waals surface area contributed by atoms with Crippen LogP contribution in [0.25, 0.3) is 67.4 Å². The molecule has 0 atom stereocenters. The zero-order valence-corrected chi connectivity index (χ0v) is 26.8. The summed E-state index contributed by atoms with van der Waals surface area (Å²) in [5.74, 6) is 0. The maximum atomic E-state index is 2.31. The molecule has 8 aromatic rings. The first kappa shape index (κ1) is 28.7. The van der Waals surface area contributed by atoms with Crippen LogP contribution in [0.1, 0.15) is 47.2 Å². The lowest BCUT2D eigenvalue weighted by molar-refractivity contribution is 0.641. The average molecular weight is 601 g/mol. The lowest BCUT2D eigenvalue weighted by Crippen LogP contribution is -2.18. The van der Waals surface area contributed by atoms with Crippen LogP contribution in [-0.4, -0.2) is 0 Å². The van der Waals surface area contributed by atoms with Gasteiger partial charge >= 0.3 is 0 Å². The quantitative estimate of drug-likeness (QED) is 0.132. The first-order valence-electron chi connectivity index (χ1n) is 16.4. The van der Waals surface area contributed by atoms with Gasteiger partial charge in [0.2, 0.25) is 0 Å². The van der Waals surface area contributed by atoms with Crippen LogP contribution in [0.15, 0.2) is 158 Å². The van der Waals surface area contributed by atoms with Gasteiger partial charge in [0.25, 0.3) is 0 Å². The number of rotatable bonds is 6. The van der Waals surface area contributed by atoms with Gasteiger partial charge in [-0.15, -0.1) is 0 Å². The first-order valence-corrected chi connectivity index (χ1v) is 16.4. The van der Waals surface area contributed by atoms with E-state index >= 15 is 0 Å². The number of fused-ring (bicyclic) bond motifs is 4. The second-order valence-corrected chi connectivity index (χ2v) is 13.1. The van der Waals surface area contributed by atoms with Crippen molar-refractivity contribution in [1.29, 1.82) is 0 Å². The lowest BCUT2D eigenvalue weighted by atomic mass is 9.78. The highest BCUT2D eigenvalue weighted by Crippen LogP contribution is 2.33. The summed E-state index contributed by atoms with van der Waals surface area (Å²) in [6, 6.07) is 57.6. The predicted octanol–water partition coefficient (Wildman–Crippen LogP) is 13.0. The first-order chi connectivity index (χ1) is 23.0. The number of hydrogen-bond acceptors (Lipinski definition) is 0. The van der Waals surface area contributed by atoms with E-state index in [0.29, 0.717) is 0 Å². The Kier molecular flexibility index (Phi) is 7.27. The van der Waals surface area contributed by atoms with Gasteiger partial charge < -0.3 is 0 Å². The van der Waals surface area contributed by atoms with Gasteiger partial charge in [0.1, 0.15) is 0 Å². The fourth-order valence-corrected chi connectivity index (χ4v) is 6.70. The minimum Gasteiger partial charge on any atom is -0.0616 e. The third-order valence-electron chi connectivity index (χ3n) is 9.66. The SMILES string of the molecule is CC(C)(c1ccc(C=Cc2ccc3cc4ccccc4cc3c2)cc1)c1ccc(C=Cc2ccc3cc4ccccc4cc3c2)cc1. The van der Waals surface area contributed by atoms with E-state index in [2.05, 4.69) is 196 Å². The van der Waals surface area contributed by atoms with Crippen molar-refractivity contribution in [2.45, 2.75) is 19.3 Å². The predicted molar refractivity (Wildman–Crippen MR) is 206 cm³/mol. The molecule has 0 heterocycles. The molecule has 0 radical (unpaired) electrons. The van der Waals surface area contributed by atoms with Crippen LogP contribution >= 0.6 is 0 Å². The molecule has 0 saturated carbocycles. The normalized spacial score (nSPS) is 12.3. The summed E-state index contributed by atoms with van der Waals surface area (Å²) in [4.78, 5) is 0. The molecule has 0 aliphatic heterocycles. The van der Waals surface area contributed by atoms with E-state index in [1.54, 1.807) is 0 Å². The van der Waals surface area contributed by atoms with Crippen molar-refractivity contribution in [1.82, 2.24) is 0 Å². The maximum Gasteiger partial charge on any atom is 0.0146 e. The van der Waals surface area contributed by atoms with E-state index in [0.717, 1.165) is 0 Å². The third kappa shape index (κ3) is 5.87. The number of benzene rings is 8. The summed E-state index contributed by atoms with van der Waals surface area (Å²) in [5.41, 5.74) is 7.32. The van der Waals surface area contributed by atoms with Gasteiger partial charge in [-0.2, -0.15) is 0 Å². The molecule has 0 unspecified atom stereocenters. The average Bonchev–Trinajstić information content (AvgIpc) is 3.11. The summed E-state index contributed by atoms with van der Waals surface area (Å²) < 4.78 is 0. The van der Waals surface area contributed by atoms with Crippen LogP contribution < -0.4 is 0 Å². The second kappa shape index (κ2) is 11.9. The Morgan fingerprint density at radius 2 is 0.596 bits per heavy atom. The molecule has 224 valence electrons. The van der Waals surface area contributed by atoms with Gasteiger partial charge in [0, 0.05) is 5.41 Å². The molecule has 0 nitrogen and oxygen atoms in total. The Morgan fingerprint density at radius 1 is 0.298 bits per heavy atom. The van der Waals surface area contributed by atoms with Crippen LogP contribution in [0.5, 0.6) is 0 Å². The number of hydrogen-bond donors (Lipinski definition) is 0. The van der Waals surface area contributed by atoms with E-state index < -0.39 is 0 Å². The van der Waals surface area contributed by atoms with Gasteiger partial charge in [-0.05, 0) is 113 Å². The molecule has 0 N–H and O–H groups in total. The van der Waals surface area contributed by atoms with E-state index in [1.807, 2.05) is 0 Å². The van der Waals surface area contributed by atoms with E-state index in [9.17, 15) is 0 Å². The van der Waals surface area contributed by atoms with Crippen LogP contribution in [0.2, 0.25) is 0 Å². The molecule has 0 saturated heterocycles. The summed E-state index contributed by atoms with van der Waals surface area (Å²) in [7, 11) is 0. The zero-order chi connectivity index (χ0) is 31.8. The Bertz CT molecular complexity index is 2280. The van der Waals surface area contributed by atoms with Crippen molar-refractivity contribution in [3.8, 4) is 0 Å². The highest BCUT2D eigenvalue weighted by molar-refractivity contribution is 6.00. The van der Waals surface area contributed by atoms with Crippen molar-refractivity contribution in [2.75, 3.05) is 0 Å². The Labute approximate surface area is 277 Å². The van der Waals surface area contributed by atoms with E-state index in [4.69, 9.17) is 0 Å². The molecule has 0 fully saturated rings. The molecule has 8 rings (SSSR count). The van der Waals surface area contributed by atoms with Gasteiger partial charge in [0.15, 0.2) is 0 Å². The fraction of sp³-hybridized carbons (Fsp3) is 0.0638. The maximum absolute atomic E-state index is 2.31. The van der Waals surface area contributed by atoms with Crippen molar-refractivity contribution < 1.29 is 0 Å². The van der Waals surface area contributed by atoms with Crippen LogP contribution in [0.4, 0.5) is 0 Å². The lowest BCUT2D eigenvalue weighted by Gasteiger charge is -2.26. The third-order valence-corrected chi connectivity index (χ3v) is 9.66. The monoisotopic (exact) mass is 600 g/mol. The molecule has 0 bridgehead atoms.